The largest absolute Gasteiger partial charge is 0.359 e. The lowest BCUT2D eigenvalue weighted by Crippen LogP contribution is -2.24. The van der Waals surface area contributed by atoms with Gasteiger partial charge in [-0.2, -0.15) is 0 Å². The van der Waals surface area contributed by atoms with Crippen LogP contribution in [0.4, 0.5) is 11.4 Å². The third-order valence-electron chi connectivity index (χ3n) is 3.00. The van der Waals surface area contributed by atoms with Gasteiger partial charge in [-0.15, -0.1) is 0 Å². The van der Waals surface area contributed by atoms with Crippen molar-refractivity contribution < 1.29 is 9.47 Å². The highest BCUT2D eigenvalue weighted by molar-refractivity contribution is 5.68. The van der Waals surface area contributed by atoms with Crippen molar-refractivity contribution in [2.24, 2.45) is 11.8 Å². The lowest BCUT2D eigenvalue weighted by atomic mass is 10.2. The van der Waals surface area contributed by atoms with E-state index in [2.05, 4.69) is 38.3 Å². The molecule has 126 valence electrons. The van der Waals surface area contributed by atoms with Crippen molar-refractivity contribution in [2.45, 2.75) is 54.0 Å². The first-order chi connectivity index (χ1) is 10.4. The van der Waals surface area contributed by atoms with Crippen molar-refractivity contribution in [3.63, 3.8) is 0 Å². The number of nitrogens with one attached hydrogen (secondary N) is 2. The van der Waals surface area contributed by atoms with E-state index in [4.69, 9.17) is 9.47 Å². The predicted octanol–water partition coefficient (Wildman–Crippen LogP) is 4.55. The molecule has 2 unspecified atom stereocenters. The van der Waals surface area contributed by atoms with E-state index < -0.39 is 0 Å². The van der Waals surface area contributed by atoms with E-state index in [0.29, 0.717) is 11.8 Å². The van der Waals surface area contributed by atoms with Gasteiger partial charge in [-0.3, -0.25) is 0 Å². The standard InChI is InChI=1S/C18H32N2O2/c1-13(2)11-21-15(5)19-17-9-7-8-10-18(17)20-16(6)22-12-14(3)4/h7-10,13-16,19-20H,11-12H2,1-6H3. The van der Waals surface area contributed by atoms with Gasteiger partial charge in [0.1, 0.15) is 12.5 Å². The SMILES string of the molecule is CC(C)COC(C)Nc1ccccc1NC(C)OCC(C)C. The van der Waals surface area contributed by atoms with Crippen LogP contribution < -0.4 is 10.6 Å². The zero-order valence-corrected chi connectivity index (χ0v) is 14.8. The first-order valence-electron chi connectivity index (χ1n) is 8.23. The summed E-state index contributed by atoms with van der Waals surface area (Å²) in [5.74, 6) is 1.06. The van der Waals surface area contributed by atoms with Gasteiger partial charge in [-0.05, 0) is 37.8 Å². The maximum Gasteiger partial charge on any atom is 0.124 e. The van der Waals surface area contributed by atoms with E-state index >= 15 is 0 Å². The van der Waals surface area contributed by atoms with Crippen LogP contribution in [0.1, 0.15) is 41.5 Å². The molecule has 0 spiro atoms. The summed E-state index contributed by atoms with van der Waals surface area (Å²) in [5, 5.41) is 6.79. The maximum absolute atomic E-state index is 5.78. The highest BCUT2D eigenvalue weighted by Crippen LogP contribution is 2.23. The Bertz CT molecular complexity index is 382. The number of benzene rings is 1. The van der Waals surface area contributed by atoms with Crippen LogP contribution in [0.2, 0.25) is 0 Å². The molecule has 22 heavy (non-hydrogen) atoms. The fraction of sp³-hybridized carbons (Fsp3) is 0.667. The Labute approximate surface area is 135 Å². The molecule has 0 saturated carbocycles. The summed E-state index contributed by atoms with van der Waals surface area (Å²) in [7, 11) is 0. The summed E-state index contributed by atoms with van der Waals surface area (Å²) < 4.78 is 11.6. The Hall–Kier alpha value is -1.26. The Morgan fingerprint density at radius 1 is 0.727 bits per heavy atom. The second-order valence-electron chi connectivity index (χ2n) is 6.57. The molecular formula is C18H32N2O2. The average molecular weight is 308 g/mol. The lowest BCUT2D eigenvalue weighted by Gasteiger charge is -2.23. The van der Waals surface area contributed by atoms with Gasteiger partial charge in [0.25, 0.3) is 0 Å². The van der Waals surface area contributed by atoms with Crippen molar-refractivity contribution in [3.8, 4) is 0 Å². The molecule has 0 bridgehead atoms. The third-order valence-corrected chi connectivity index (χ3v) is 3.00. The second kappa shape index (κ2) is 9.70. The van der Waals surface area contributed by atoms with Crippen molar-refractivity contribution in [1.82, 2.24) is 0 Å². The van der Waals surface area contributed by atoms with Crippen molar-refractivity contribution in [3.05, 3.63) is 24.3 Å². The van der Waals surface area contributed by atoms with Gasteiger partial charge in [0, 0.05) is 0 Å². The first-order valence-corrected chi connectivity index (χ1v) is 8.23. The number of ether oxygens (including phenoxy) is 2. The van der Waals surface area contributed by atoms with Crippen molar-refractivity contribution in [2.75, 3.05) is 23.8 Å². The molecule has 0 amide bonds. The molecule has 0 radical (unpaired) electrons. The lowest BCUT2D eigenvalue weighted by molar-refractivity contribution is 0.0633. The molecule has 0 aliphatic carbocycles. The molecule has 0 fully saturated rings. The van der Waals surface area contributed by atoms with E-state index in [-0.39, 0.29) is 12.5 Å². The minimum absolute atomic E-state index is 0.0303. The molecule has 2 N–H and O–H groups in total. The molecule has 0 aromatic heterocycles. The molecule has 1 rings (SSSR count). The number of hydrogen-bond donors (Lipinski definition) is 2. The molecule has 0 heterocycles. The quantitative estimate of drug-likeness (QED) is 0.622. The van der Waals surface area contributed by atoms with E-state index in [1.807, 2.05) is 38.1 Å². The van der Waals surface area contributed by atoms with Gasteiger partial charge in [0.05, 0.1) is 24.6 Å². The molecule has 1 aromatic rings. The number of para-hydroxylation sites is 2. The predicted molar refractivity (Wildman–Crippen MR) is 94.2 cm³/mol. The van der Waals surface area contributed by atoms with Crippen LogP contribution in [0.3, 0.4) is 0 Å². The fourth-order valence-electron chi connectivity index (χ4n) is 1.93. The highest BCUT2D eigenvalue weighted by Gasteiger charge is 2.10. The van der Waals surface area contributed by atoms with Gasteiger partial charge >= 0.3 is 0 Å². The normalized spacial score (nSPS) is 14.2. The molecule has 0 saturated heterocycles. The molecule has 1 aromatic carbocycles. The summed E-state index contributed by atoms with van der Waals surface area (Å²) >= 11 is 0. The summed E-state index contributed by atoms with van der Waals surface area (Å²) in [6, 6.07) is 8.13. The minimum Gasteiger partial charge on any atom is -0.359 e. The van der Waals surface area contributed by atoms with E-state index in [1.165, 1.54) is 0 Å². The van der Waals surface area contributed by atoms with Crippen LogP contribution in [0.25, 0.3) is 0 Å². The first kappa shape index (κ1) is 18.8. The van der Waals surface area contributed by atoms with E-state index in [9.17, 15) is 0 Å². The van der Waals surface area contributed by atoms with Crippen molar-refractivity contribution in [1.29, 1.82) is 0 Å². The number of anilines is 2. The molecule has 4 nitrogen and oxygen atoms in total. The van der Waals surface area contributed by atoms with Crippen LogP contribution in [-0.4, -0.2) is 25.7 Å². The Kier molecular flexibility index (Phi) is 8.28. The molecule has 0 aliphatic rings. The van der Waals surface area contributed by atoms with Crippen LogP contribution >= 0.6 is 0 Å². The minimum atomic E-state index is -0.0303. The molecule has 2 atom stereocenters. The zero-order chi connectivity index (χ0) is 16.5. The van der Waals surface area contributed by atoms with Gasteiger partial charge in [-0.25, -0.2) is 0 Å². The number of rotatable bonds is 10. The Morgan fingerprint density at radius 3 is 1.41 bits per heavy atom. The monoisotopic (exact) mass is 308 g/mol. The second-order valence-corrected chi connectivity index (χ2v) is 6.57. The zero-order valence-electron chi connectivity index (χ0n) is 14.8. The summed E-state index contributed by atoms with van der Waals surface area (Å²) in [5.41, 5.74) is 2.05. The molecular weight excluding hydrogens is 276 g/mol. The van der Waals surface area contributed by atoms with E-state index in [0.717, 1.165) is 24.6 Å². The smallest absolute Gasteiger partial charge is 0.124 e. The average Bonchev–Trinajstić information content (AvgIpc) is 2.45. The van der Waals surface area contributed by atoms with Gasteiger partial charge in [-0.1, -0.05) is 39.8 Å². The fourth-order valence-corrected chi connectivity index (χ4v) is 1.93. The summed E-state index contributed by atoms with van der Waals surface area (Å²) in [4.78, 5) is 0. The molecule has 0 aliphatic heterocycles. The highest BCUT2D eigenvalue weighted by atomic mass is 16.5. The van der Waals surface area contributed by atoms with Gasteiger partial charge in [0.2, 0.25) is 0 Å². The van der Waals surface area contributed by atoms with Crippen molar-refractivity contribution >= 4 is 11.4 Å². The molecule has 4 heteroatoms. The maximum atomic E-state index is 5.78. The van der Waals surface area contributed by atoms with Crippen LogP contribution in [0.15, 0.2) is 24.3 Å². The van der Waals surface area contributed by atoms with Crippen LogP contribution in [0, 0.1) is 11.8 Å². The van der Waals surface area contributed by atoms with Gasteiger partial charge < -0.3 is 20.1 Å². The van der Waals surface area contributed by atoms with Crippen LogP contribution in [0.5, 0.6) is 0 Å². The summed E-state index contributed by atoms with van der Waals surface area (Å²) in [6.07, 6.45) is -0.0607. The Balaban J connectivity index is 2.57. The Morgan fingerprint density at radius 2 is 1.09 bits per heavy atom. The number of hydrogen-bond acceptors (Lipinski definition) is 4. The van der Waals surface area contributed by atoms with Crippen LogP contribution in [-0.2, 0) is 9.47 Å². The van der Waals surface area contributed by atoms with Gasteiger partial charge in [0.15, 0.2) is 0 Å². The third kappa shape index (κ3) is 7.66. The van der Waals surface area contributed by atoms with E-state index in [1.54, 1.807) is 0 Å². The topological polar surface area (TPSA) is 42.5 Å². The summed E-state index contributed by atoms with van der Waals surface area (Å²) in [6.45, 7) is 14.1.